The van der Waals surface area contributed by atoms with Crippen molar-refractivity contribution in [3.8, 4) is 11.3 Å². The van der Waals surface area contributed by atoms with Crippen LogP contribution in [0.3, 0.4) is 0 Å². The molecule has 0 amide bonds. The quantitative estimate of drug-likeness (QED) is 0.902. The lowest BCUT2D eigenvalue weighted by molar-refractivity contribution is 0.321. The summed E-state index contributed by atoms with van der Waals surface area (Å²) in [7, 11) is 4.19. The second kappa shape index (κ2) is 7.09. The summed E-state index contributed by atoms with van der Waals surface area (Å²) in [4.78, 5) is 2.21. The van der Waals surface area contributed by atoms with E-state index in [1.54, 1.807) is 0 Å². The molecule has 1 aliphatic carbocycles. The Bertz CT molecular complexity index is 613. The number of aromatic nitrogens is 2. The van der Waals surface area contributed by atoms with Crippen LogP contribution in [0.2, 0.25) is 0 Å². The van der Waals surface area contributed by atoms with Crippen molar-refractivity contribution < 1.29 is 0 Å². The maximum atomic E-state index is 4.38. The third kappa shape index (κ3) is 3.88. The molecule has 4 nitrogen and oxygen atoms in total. The van der Waals surface area contributed by atoms with Gasteiger partial charge in [0.1, 0.15) is 5.82 Å². The van der Waals surface area contributed by atoms with Crippen molar-refractivity contribution in [2.75, 3.05) is 19.4 Å². The Morgan fingerprint density at radius 3 is 2.26 bits per heavy atom. The predicted molar refractivity (Wildman–Crippen MR) is 95.4 cm³/mol. The van der Waals surface area contributed by atoms with Crippen LogP contribution >= 0.6 is 0 Å². The first kappa shape index (κ1) is 15.9. The largest absolute Gasteiger partial charge is 0.366 e. The number of nitrogens with zero attached hydrogens (tertiary/aromatic N) is 3. The van der Waals surface area contributed by atoms with Crippen molar-refractivity contribution in [3.63, 3.8) is 0 Å². The lowest BCUT2D eigenvalue weighted by atomic mass is 10.0. The molecule has 1 aliphatic rings. The Morgan fingerprint density at radius 2 is 1.70 bits per heavy atom. The normalized spacial score (nSPS) is 16.7. The van der Waals surface area contributed by atoms with Crippen molar-refractivity contribution in [2.24, 2.45) is 0 Å². The molecule has 2 aromatic rings. The fourth-order valence-corrected chi connectivity index (χ4v) is 3.07. The monoisotopic (exact) mass is 310 g/mol. The molecule has 1 unspecified atom stereocenters. The van der Waals surface area contributed by atoms with Crippen molar-refractivity contribution >= 4 is 5.82 Å². The molecule has 0 spiro atoms. The van der Waals surface area contributed by atoms with Gasteiger partial charge in [0.25, 0.3) is 0 Å². The van der Waals surface area contributed by atoms with Gasteiger partial charge >= 0.3 is 0 Å². The first-order valence-electron chi connectivity index (χ1n) is 8.50. The van der Waals surface area contributed by atoms with E-state index in [4.69, 9.17) is 0 Å². The minimum absolute atomic E-state index is 0.410. The fourth-order valence-electron chi connectivity index (χ4n) is 3.07. The fraction of sp³-hybridized carbons (Fsp3) is 0.474. The zero-order chi connectivity index (χ0) is 16.2. The van der Waals surface area contributed by atoms with E-state index < -0.39 is 0 Å². The summed E-state index contributed by atoms with van der Waals surface area (Å²) >= 11 is 0. The maximum absolute atomic E-state index is 4.38. The Balaban J connectivity index is 1.69. The summed E-state index contributed by atoms with van der Waals surface area (Å²) in [5.74, 6) is 0.888. The lowest BCUT2D eigenvalue weighted by Crippen LogP contribution is -2.16. The summed E-state index contributed by atoms with van der Waals surface area (Å²) in [6.07, 6.45) is 5.13. The third-order valence-electron chi connectivity index (χ3n) is 4.84. The molecule has 1 N–H and O–H groups in total. The van der Waals surface area contributed by atoms with Crippen LogP contribution in [0.15, 0.2) is 36.4 Å². The molecule has 0 aliphatic heterocycles. The number of rotatable bonds is 5. The molecule has 0 radical (unpaired) electrons. The smallest absolute Gasteiger partial charge is 0.148 e. The molecule has 0 bridgehead atoms. The van der Waals surface area contributed by atoms with E-state index in [1.165, 1.54) is 31.2 Å². The van der Waals surface area contributed by atoms with Gasteiger partial charge < -0.3 is 10.2 Å². The molecule has 1 heterocycles. The van der Waals surface area contributed by atoms with E-state index >= 15 is 0 Å². The molecular weight excluding hydrogens is 284 g/mol. The van der Waals surface area contributed by atoms with Crippen molar-refractivity contribution in [1.82, 2.24) is 15.1 Å². The number of benzene rings is 1. The SMILES string of the molecule is CC(c1ccc(-c2ccc(NC3CCCC3)nn2)cc1)N(C)C. The Morgan fingerprint density at radius 1 is 1.00 bits per heavy atom. The van der Waals surface area contributed by atoms with Gasteiger partial charge in [0.2, 0.25) is 0 Å². The molecule has 1 atom stereocenters. The molecule has 4 heteroatoms. The van der Waals surface area contributed by atoms with Gasteiger partial charge in [0, 0.05) is 17.6 Å². The molecule has 1 aromatic heterocycles. The standard InChI is InChI=1S/C19H26N4/c1-14(23(2)3)15-8-10-16(11-9-15)18-12-13-19(22-21-18)20-17-6-4-5-7-17/h8-14,17H,4-7H2,1-3H3,(H,20,22). The van der Waals surface area contributed by atoms with Gasteiger partial charge in [0.05, 0.1) is 5.69 Å². The van der Waals surface area contributed by atoms with E-state index in [0.717, 1.165) is 17.1 Å². The third-order valence-corrected chi connectivity index (χ3v) is 4.84. The van der Waals surface area contributed by atoms with E-state index in [2.05, 4.69) is 71.8 Å². The van der Waals surface area contributed by atoms with Gasteiger partial charge in [-0.25, -0.2) is 0 Å². The second-order valence-corrected chi connectivity index (χ2v) is 6.69. The molecular formula is C19H26N4. The molecule has 1 fully saturated rings. The number of hydrogen-bond acceptors (Lipinski definition) is 4. The molecule has 1 saturated carbocycles. The first-order valence-corrected chi connectivity index (χ1v) is 8.50. The minimum atomic E-state index is 0.410. The van der Waals surface area contributed by atoms with E-state index in [9.17, 15) is 0 Å². The Hall–Kier alpha value is -1.94. The minimum Gasteiger partial charge on any atom is -0.366 e. The van der Waals surface area contributed by atoms with Gasteiger partial charge in [-0.15, -0.1) is 10.2 Å². The Kier molecular flexibility index (Phi) is 4.91. The van der Waals surface area contributed by atoms with E-state index in [-0.39, 0.29) is 0 Å². The number of nitrogens with one attached hydrogen (secondary N) is 1. The van der Waals surface area contributed by atoms with E-state index in [1.807, 2.05) is 6.07 Å². The molecule has 0 saturated heterocycles. The van der Waals surface area contributed by atoms with Crippen LogP contribution in [0.25, 0.3) is 11.3 Å². The lowest BCUT2D eigenvalue weighted by Gasteiger charge is -2.20. The van der Waals surface area contributed by atoms with Crippen LogP contribution in [-0.4, -0.2) is 35.2 Å². The van der Waals surface area contributed by atoms with Crippen LogP contribution in [0.1, 0.15) is 44.2 Å². The highest BCUT2D eigenvalue weighted by Gasteiger charge is 2.15. The second-order valence-electron chi connectivity index (χ2n) is 6.69. The van der Waals surface area contributed by atoms with Crippen LogP contribution in [0.5, 0.6) is 0 Å². The Labute approximate surface area is 138 Å². The summed E-state index contributed by atoms with van der Waals surface area (Å²) in [5.41, 5.74) is 3.34. The number of anilines is 1. The highest BCUT2D eigenvalue weighted by atomic mass is 15.2. The topological polar surface area (TPSA) is 41.1 Å². The van der Waals surface area contributed by atoms with Crippen molar-refractivity contribution in [2.45, 2.75) is 44.7 Å². The zero-order valence-corrected chi connectivity index (χ0v) is 14.3. The summed E-state index contributed by atoms with van der Waals surface area (Å²) in [5, 5.41) is 12.2. The molecule has 1 aromatic carbocycles. The highest BCUT2D eigenvalue weighted by Crippen LogP contribution is 2.24. The van der Waals surface area contributed by atoms with Crippen LogP contribution < -0.4 is 5.32 Å². The summed E-state index contributed by atoms with van der Waals surface area (Å²) in [6.45, 7) is 2.21. The summed E-state index contributed by atoms with van der Waals surface area (Å²) < 4.78 is 0. The van der Waals surface area contributed by atoms with Gasteiger partial charge in [-0.3, -0.25) is 0 Å². The average Bonchev–Trinajstić information content (AvgIpc) is 3.08. The first-order chi connectivity index (χ1) is 11.1. The van der Waals surface area contributed by atoms with Gasteiger partial charge in [-0.2, -0.15) is 0 Å². The molecule has 23 heavy (non-hydrogen) atoms. The maximum Gasteiger partial charge on any atom is 0.148 e. The summed E-state index contributed by atoms with van der Waals surface area (Å²) in [6, 6.07) is 13.7. The average molecular weight is 310 g/mol. The highest BCUT2D eigenvalue weighted by molar-refractivity contribution is 5.60. The number of hydrogen-bond donors (Lipinski definition) is 1. The zero-order valence-electron chi connectivity index (χ0n) is 14.3. The predicted octanol–water partition coefficient (Wildman–Crippen LogP) is 4.12. The van der Waals surface area contributed by atoms with Crippen molar-refractivity contribution in [1.29, 1.82) is 0 Å². The van der Waals surface area contributed by atoms with Crippen LogP contribution in [0, 0.1) is 0 Å². The van der Waals surface area contributed by atoms with Crippen LogP contribution in [-0.2, 0) is 0 Å². The van der Waals surface area contributed by atoms with Crippen LogP contribution in [0.4, 0.5) is 5.82 Å². The molecule has 3 rings (SSSR count). The molecule has 122 valence electrons. The van der Waals surface area contributed by atoms with Crippen molar-refractivity contribution in [3.05, 3.63) is 42.0 Å². The van der Waals surface area contributed by atoms with Gasteiger partial charge in [-0.05, 0) is 51.6 Å². The van der Waals surface area contributed by atoms with Gasteiger partial charge in [0.15, 0.2) is 0 Å². The van der Waals surface area contributed by atoms with E-state index in [0.29, 0.717) is 12.1 Å². The van der Waals surface area contributed by atoms with Gasteiger partial charge in [-0.1, -0.05) is 37.1 Å².